The van der Waals surface area contributed by atoms with Gasteiger partial charge in [0, 0.05) is 25.9 Å². The molecule has 3 aromatic heterocycles. The summed E-state index contributed by atoms with van der Waals surface area (Å²) in [4.78, 5) is 37.3. The van der Waals surface area contributed by atoms with E-state index in [2.05, 4.69) is 50.4 Å². The molecule has 0 amide bonds. The lowest BCUT2D eigenvalue weighted by Gasteiger charge is -2.10. The van der Waals surface area contributed by atoms with Crippen LogP contribution < -0.4 is 11.2 Å². The van der Waals surface area contributed by atoms with Crippen LogP contribution in [0.2, 0.25) is 5.28 Å². The lowest BCUT2D eigenvalue weighted by molar-refractivity contribution is 0.367. The maximum absolute atomic E-state index is 13.0. The van der Waals surface area contributed by atoms with Gasteiger partial charge < -0.3 is 9.51 Å². The molecular weight excluding hydrogens is 468 g/mol. The molecule has 0 unspecified atom stereocenters. The van der Waals surface area contributed by atoms with Crippen molar-refractivity contribution in [3.63, 3.8) is 0 Å². The van der Waals surface area contributed by atoms with Gasteiger partial charge in [0.25, 0.3) is 5.56 Å². The summed E-state index contributed by atoms with van der Waals surface area (Å²) >= 11 is 5.98. The van der Waals surface area contributed by atoms with Gasteiger partial charge in [0.15, 0.2) is 17.0 Å². The number of H-pyrrole nitrogens is 1. The Kier molecular flexibility index (Phi) is 6.50. The highest BCUT2D eigenvalue weighted by Gasteiger charge is 2.17. The summed E-state index contributed by atoms with van der Waals surface area (Å²) in [5, 5.41) is 6.53. The number of aromatic nitrogens is 6. The molecule has 0 aliphatic rings. The molecule has 180 valence electrons. The van der Waals surface area contributed by atoms with Crippen molar-refractivity contribution in [2.45, 2.75) is 52.1 Å². The monoisotopic (exact) mass is 492 g/mol. The van der Waals surface area contributed by atoms with E-state index in [0.29, 0.717) is 43.2 Å². The maximum atomic E-state index is 13.0. The zero-order valence-corrected chi connectivity index (χ0v) is 20.1. The van der Waals surface area contributed by atoms with E-state index in [-0.39, 0.29) is 23.0 Å². The molecule has 1 N–H and O–H groups in total. The molecule has 0 saturated carbocycles. The number of benzene rings is 2. The first kappa shape index (κ1) is 23.0. The zero-order chi connectivity index (χ0) is 24.4. The van der Waals surface area contributed by atoms with Gasteiger partial charge in [0.05, 0.1) is 0 Å². The van der Waals surface area contributed by atoms with Crippen LogP contribution in [0.3, 0.4) is 0 Å². The summed E-state index contributed by atoms with van der Waals surface area (Å²) in [6.45, 7) is 2.72. The van der Waals surface area contributed by atoms with E-state index in [1.807, 2.05) is 19.1 Å². The van der Waals surface area contributed by atoms with Crippen molar-refractivity contribution in [2.24, 2.45) is 0 Å². The molecule has 2 aromatic carbocycles. The van der Waals surface area contributed by atoms with Crippen LogP contribution in [-0.2, 0) is 25.9 Å². The summed E-state index contributed by atoms with van der Waals surface area (Å²) in [6.07, 6.45) is 3.21. The number of nitrogens with zero attached hydrogens (tertiary/aromatic N) is 5. The molecule has 5 aromatic rings. The normalized spacial score (nSPS) is 11.6. The standard InChI is InChI=1S/C25H25ClN6O3/c1-2-3-12-31-22-21(28-24(26)29-22)23(33)32(25(31)34)13-6-9-20-27-19(30-35-20)15-16-10-11-17-7-4-5-8-18(17)14-16/h4-5,7-8,10-11,14H,2-3,6,9,12-13,15H2,1H3,(H,28,29). The van der Waals surface area contributed by atoms with E-state index in [4.69, 9.17) is 16.1 Å². The first-order valence-electron chi connectivity index (χ1n) is 11.7. The van der Waals surface area contributed by atoms with Gasteiger partial charge in [-0.3, -0.25) is 13.9 Å². The van der Waals surface area contributed by atoms with E-state index in [0.717, 1.165) is 18.4 Å². The number of imidazole rings is 1. The van der Waals surface area contributed by atoms with E-state index in [1.54, 1.807) is 0 Å². The van der Waals surface area contributed by atoms with Crippen molar-refractivity contribution in [1.82, 2.24) is 29.2 Å². The molecule has 0 fully saturated rings. The van der Waals surface area contributed by atoms with Gasteiger partial charge >= 0.3 is 5.69 Å². The predicted molar refractivity (Wildman–Crippen MR) is 134 cm³/mol. The predicted octanol–water partition coefficient (Wildman–Crippen LogP) is 4.10. The van der Waals surface area contributed by atoms with Crippen LogP contribution in [0.15, 0.2) is 56.6 Å². The van der Waals surface area contributed by atoms with Gasteiger partial charge in [0.1, 0.15) is 0 Å². The molecule has 0 radical (unpaired) electrons. The summed E-state index contributed by atoms with van der Waals surface area (Å²) in [5.74, 6) is 1.08. The number of hydrogen-bond acceptors (Lipinski definition) is 6. The van der Waals surface area contributed by atoms with E-state index >= 15 is 0 Å². The van der Waals surface area contributed by atoms with Crippen LogP contribution in [-0.4, -0.2) is 29.2 Å². The van der Waals surface area contributed by atoms with Gasteiger partial charge in [-0.25, -0.2) is 4.79 Å². The van der Waals surface area contributed by atoms with Crippen molar-refractivity contribution in [3.05, 3.63) is 85.9 Å². The minimum absolute atomic E-state index is 0.0873. The van der Waals surface area contributed by atoms with Crippen LogP contribution in [0, 0.1) is 0 Å². The molecule has 0 spiro atoms. The third kappa shape index (κ3) is 4.77. The van der Waals surface area contributed by atoms with Crippen LogP contribution in [0.4, 0.5) is 0 Å². The molecule has 35 heavy (non-hydrogen) atoms. The quantitative estimate of drug-likeness (QED) is 0.310. The van der Waals surface area contributed by atoms with Crippen molar-refractivity contribution < 1.29 is 4.52 Å². The molecule has 9 nitrogen and oxygen atoms in total. The number of rotatable bonds is 9. The van der Waals surface area contributed by atoms with Crippen LogP contribution in [0.25, 0.3) is 21.9 Å². The molecule has 3 heterocycles. The zero-order valence-electron chi connectivity index (χ0n) is 19.3. The fourth-order valence-corrected chi connectivity index (χ4v) is 4.41. The lowest BCUT2D eigenvalue weighted by Crippen LogP contribution is -2.40. The van der Waals surface area contributed by atoms with Crippen molar-refractivity contribution in [3.8, 4) is 0 Å². The summed E-state index contributed by atoms with van der Waals surface area (Å²) in [6, 6.07) is 14.5. The molecule has 0 aliphatic carbocycles. The Morgan fingerprint density at radius 1 is 1.00 bits per heavy atom. The summed E-state index contributed by atoms with van der Waals surface area (Å²) in [7, 11) is 0. The average molecular weight is 493 g/mol. The topological polar surface area (TPSA) is 112 Å². The highest BCUT2D eigenvalue weighted by Crippen LogP contribution is 2.17. The third-order valence-electron chi connectivity index (χ3n) is 6.03. The molecule has 0 aliphatic heterocycles. The van der Waals surface area contributed by atoms with Gasteiger partial charge in [-0.05, 0) is 40.8 Å². The fourth-order valence-electron chi connectivity index (χ4n) is 4.24. The van der Waals surface area contributed by atoms with Gasteiger partial charge in [-0.1, -0.05) is 61.0 Å². The smallest absolute Gasteiger partial charge is 0.332 e. The van der Waals surface area contributed by atoms with Crippen LogP contribution in [0.5, 0.6) is 0 Å². The van der Waals surface area contributed by atoms with Gasteiger partial charge in [0.2, 0.25) is 11.2 Å². The lowest BCUT2D eigenvalue weighted by atomic mass is 10.1. The minimum atomic E-state index is -0.431. The first-order chi connectivity index (χ1) is 17.0. The number of aryl methyl sites for hydroxylation is 2. The van der Waals surface area contributed by atoms with E-state index in [9.17, 15) is 9.59 Å². The Balaban J connectivity index is 1.29. The van der Waals surface area contributed by atoms with E-state index in [1.165, 1.54) is 19.9 Å². The molecule has 0 bridgehead atoms. The van der Waals surface area contributed by atoms with Crippen LogP contribution in [0.1, 0.15) is 43.5 Å². The number of hydrogen-bond donors (Lipinski definition) is 1. The number of halogens is 1. The van der Waals surface area contributed by atoms with Crippen LogP contribution >= 0.6 is 11.6 Å². The molecule has 0 saturated heterocycles. The van der Waals surface area contributed by atoms with Crippen molar-refractivity contribution >= 4 is 33.5 Å². The second kappa shape index (κ2) is 9.87. The third-order valence-corrected chi connectivity index (χ3v) is 6.21. The summed E-state index contributed by atoms with van der Waals surface area (Å²) in [5.41, 5.74) is 0.814. The Hall–Kier alpha value is -3.72. The number of aromatic amines is 1. The van der Waals surface area contributed by atoms with Crippen molar-refractivity contribution in [1.29, 1.82) is 0 Å². The summed E-state index contributed by atoms with van der Waals surface area (Å²) < 4.78 is 8.14. The highest BCUT2D eigenvalue weighted by molar-refractivity contribution is 6.29. The molecule has 0 atom stereocenters. The minimum Gasteiger partial charge on any atom is -0.339 e. The maximum Gasteiger partial charge on any atom is 0.332 e. The fraction of sp³-hybridized carbons (Fsp3) is 0.320. The number of nitrogens with one attached hydrogen (secondary N) is 1. The van der Waals surface area contributed by atoms with E-state index < -0.39 is 5.56 Å². The first-order valence-corrected chi connectivity index (χ1v) is 12.1. The Bertz CT molecular complexity index is 1610. The Labute approximate surface area is 205 Å². The average Bonchev–Trinajstić information content (AvgIpc) is 3.47. The highest BCUT2D eigenvalue weighted by atomic mass is 35.5. The molecule has 5 rings (SSSR count). The Morgan fingerprint density at radius 2 is 1.80 bits per heavy atom. The SMILES string of the molecule is CCCCn1c(=O)n(CCCc2nc(Cc3ccc4ccccc4c3)no2)c(=O)c2[nH]c(Cl)nc21. The van der Waals surface area contributed by atoms with Gasteiger partial charge in [-0.15, -0.1) is 0 Å². The number of unbranched alkanes of at least 4 members (excludes halogenated alkanes) is 1. The molecule has 10 heteroatoms. The number of fused-ring (bicyclic) bond motifs is 2. The largest absolute Gasteiger partial charge is 0.339 e. The Morgan fingerprint density at radius 3 is 2.63 bits per heavy atom. The molecular formula is C25H25ClN6O3. The second-order valence-corrected chi connectivity index (χ2v) is 8.89. The van der Waals surface area contributed by atoms with Crippen molar-refractivity contribution in [2.75, 3.05) is 0 Å². The second-order valence-electron chi connectivity index (χ2n) is 8.54. The van der Waals surface area contributed by atoms with Gasteiger partial charge in [-0.2, -0.15) is 9.97 Å².